The van der Waals surface area contributed by atoms with Crippen LogP contribution in [0.2, 0.25) is 0 Å². The van der Waals surface area contributed by atoms with Gasteiger partial charge in [0, 0.05) is 17.5 Å². The molecule has 3 rings (SSSR count). The van der Waals surface area contributed by atoms with Gasteiger partial charge in [-0.05, 0) is 44.5 Å². The van der Waals surface area contributed by atoms with Gasteiger partial charge < -0.3 is 23.9 Å². The fourth-order valence-corrected chi connectivity index (χ4v) is 3.03. The third-order valence-corrected chi connectivity index (χ3v) is 4.29. The SMILES string of the molecule is CCOC(=O)c1c(C)[nH]c(C)c1C(=O)COC(=O)/C=C/c1ccc2c(c1)OCO2. The van der Waals surface area contributed by atoms with Crippen molar-refractivity contribution in [3.63, 3.8) is 0 Å². The third kappa shape index (κ3) is 4.48. The second-order valence-electron chi connectivity index (χ2n) is 6.32. The fourth-order valence-electron chi connectivity index (χ4n) is 3.03. The molecule has 0 amide bonds. The second kappa shape index (κ2) is 8.64. The van der Waals surface area contributed by atoms with Crippen molar-refractivity contribution in [1.29, 1.82) is 0 Å². The number of H-pyrrole nitrogens is 1. The Balaban J connectivity index is 1.63. The number of ketones is 1. The summed E-state index contributed by atoms with van der Waals surface area (Å²) in [6.45, 7) is 4.89. The molecule has 152 valence electrons. The molecule has 0 saturated heterocycles. The molecule has 1 N–H and O–H groups in total. The van der Waals surface area contributed by atoms with E-state index in [1.54, 1.807) is 45.0 Å². The Labute approximate surface area is 167 Å². The van der Waals surface area contributed by atoms with Gasteiger partial charge in [-0.2, -0.15) is 0 Å². The van der Waals surface area contributed by atoms with Gasteiger partial charge in [0.1, 0.15) is 0 Å². The monoisotopic (exact) mass is 399 g/mol. The van der Waals surface area contributed by atoms with Crippen molar-refractivity contribution in [1.82, 2.24) is 4.98 Å². The molecular weight excluding hydrogens is 378 g/mol. The maximum Gasteiger partial charge on any atom is 0.340 e. The zero-order chi connectivity index (χ0) is 21.0. The first-order valence-electron chi connectivity index (χ1n) is 9.04. The zero-order valence-corrected chi connectivity index (χ0v) is 16.4. The van der Waals surface area contributed by atoms with Crippen molar-refractivity contribution >= 4 is 23.8 Å². The molecule has 0 spiro atoms. The molecule has 0 fully saturated rings. The van der Waals surface area contributed by atoms with Crippen molar-refractivity contribution in [2.24, 2.45) is 0 Å². The van der Waals surface area contributed by atoms with Crippen LogP contribution in [0, 0.1) is 13.8 Å². The number of aromatic amines is 1. The minimum Gasteiger partial charge on any atom is -0.462 e. The van der Waals surface area contributed by atoms with E-state index < -0.39 is 24.3 Å². The van der Waals surface area contributed by atoms with Crippen molar-refractivity contribution < 1.29 is 33.3 Å². The van der Waals surface area contributed by atoms with E-state index >= 15 is 0 Å². The van der Waals surface area contributed by atoms with E-state index in [4.69, 9.17) is 18.9 Å². The molecule has 1 aliphatic rings. The summed E-state index contributed by atoms with van der Waals surface area (Å²) in [6.07, 6.45) is 2.76. The fraction of sp³-hybridized carbons (Fsp3) is 0.286. The number of nitrogens with one attached hydrogen (secondary N) is 1. The molecule has 0 saturated carbocycles. The van der Waals surface area contributed by atoms with Crippen molar-refractivity contribution in [3.05, 3.63) is 52.4 Å². The number of Topliss-reactive ketones (excluding diaryl/α,β-unsaturated/α-hetero) is 1. The predicted octanol–water partition coefficient (Wildman–Crippen LogP) is 2.98. The number of ether oxygens (including phenoxy) is 4. The minimum absolute atomic E-state index is 0.165. The van der Waals surface area contributed by atoms with Gasteiger partial charge in [0.15, 0.2) is 18.1 Å². The molecule has 0 aliphatic carbocycles. The molecule has 0 atom stereocenters. The van der Waals surface area contributed by atoms with Crippen LogP contribution in [0.3, 0.4) is 0 Å². The molecule has 8 heteroatoms. The highest BCUT2D eigenvalue weighted by Gasteiger charge is 2.25. The van der Waals surface area contributed by atoms with Crippen molar-refractivity contribution in [3.8, 4) is 11.5 Å². The first kappa shape index (κ1) is 20.2. The smallest absolute Gasteiger partial charge is 0.340 e. The zero-order valence-electron chi connectivity index (χ0n) is 16.4. The molecule has 0 radical (unpaired) electrons. The lowest BCUT2D eigenvalue weighted by atomic mass is 10.1. The van der Waals surface area contributed by atoms with Crippen LogP contribution in [0.15, 0.2) is 24.3 Å². The summed E-state index contributed by atoms with van der Waals surface area (Å²) >= 11 is 0. The number of hydrogen-bond acceptors (Lipinski definition) is 7. The maximum atomic E-state index is 12.6. The summed E-state index contributed by atoms with van der Waals surface area (Å²) < 4.78 is 20.5. The number of esters is 2. The number of rotatable bonds is 7. The van der Waals surface area contributed by atoms with Crippen LogP contribution in [0.25, 0.3) is 6.08 Å². The standard InChI is InChI=1S/C21H21NO7/c1-4-26-21(25)20-13(3)22-12(2)19(20)15(23)10-27-18(24)8-6-14-5-7-16-17(9-14)29-11-28-16/h5-9,22H,4,10-11H2,1-3H3/b8-6+. The second-order valence-corrected chi connectivity index (χ2v) is 6.32. The van der Waals surface area contributed by atoms with Gasteiger partial charge in [0.25, 0.3) is 0 Å². The van der Waals surface area contributed by atoms with Gasteiger partial charge in [-0.25, -0.2) is 9.59 Å². The number of hydrogen-bond donors (Lipinski definition) is 1. The lowest BCUT2D eigenvalue weighted by Gasteiger charge is -2.06. The number of carbonyl (C=O) groups excluding carboxylic acids is 3. The van der Waals surface area contributed by atoms with Crippen molar-refractivity contribution in [2.75, 3.05) is 20.0 Å². The Bertz CT molecular complexity index is 987. The molecular formula is C21H21NO7. The molecule has 0 bridgehead atoms. The Morgan fingerprint density at radius 2 is 1.79 bits per heavy atom. The average molecular weight is 399 g/mol. The van der Waals surface area contributed by atoms with Crippen LogP contribution in [0.4, 0.5) is 0 Å². The van der Waals surface area contributed by atoms with Crippen LogP contribution in [0.5, 0.6) is 11.5 Å². The molecule has 2 heterocycles. The van der Waals surface area contributed by atoms with Crippen LogP contribution < -0.4 is 9.47 Å². The van der Waals surface area contributed by atoms with Gasteiger partial charge in [0.2, 0.25) is 12.6 Å². The summed E-state index contributed by atoms with van der Waals surface area (Å²) in [5, 5.41) is 0. The number of carbonyl (C=O) groups is 3. The Morgan fingerprint density at radius 1 is 1.07 bits per heavy atom. The average Bonchev–Trinajstić information content (AvgIpc) is 3.27. The summed E-state index contributed by atoms with van der Waals surface area (Å²) in [5.74, 6) is -0.518. The maximum absolute atomic E-state index is 12.6. The Hall–Kier alpha value is -3.55. The summed E-state index contributed by atoms with van der Waals surface area (Å²) in [4.78, 5) is 39.6. The largest absolute Gasteiger partial charge is 0.462 e. The van der Waals surface area contributed by atoms with Crippen LogP contribution in [-0.4, -0.2) is 42.7 Å². The predicted molar refractivity (Wildman–Crippen MR) is 103 cm³/mol. The first-order chi connectivity index (χ1) is 13.9. The quantitative estimate of drug-likeness (QED) is 0.434. The number of benzene rings is 1. The van der Waals surface area contributed by atoms with Gasteiger partial charge in [-0.15, -0.1) is 0 Å². The summed E-state index contributed by atoms with van der Waals surface area (Å²) in [5.41, 5.74) is 2.11. The third-order valence-electron chi connectivity index (χ3n) is 4.29. The normalized spacial score (nSPS) is 12.2. The van der Waals surface area contributed by atoms with Gasteiger partial charge >= 0.3 is 11.9 Å². The molecule has 2 aromatic rings. The number of fused-ring (bicyclic) bond motifs is 1. The molecule has 29 heavy (non-hydrogen) atoms. The van der Waals surface area contributed by atoms with Gasteiger partial charge in [0.05, 0.1) is 17.7 Å². The Kier molecular flexibility index (Phi) is 6.01. The summed E-state index contributed by atoms with van der Waals surface area (Å²) in [6, 6.07) is 5.24. The van der Waals surface area contributed by atoms with Gasteiger partial charge in [-0.1, -0.05) is 6.07 Å². The van der Waals surface area contributed by atoms with Crippen LogP contribution in [0.1, 0.15) is 44.6 Å². The van der Waals surface area contributed by atoms with E-state index in [2.05, 4.69) is 4.98 Å². The van der Waals surface area contributed by atoms with Crippen LogP contribution >= 0.6 is 0 Å². The highest BCUT2D eigenvalue weighted by Crippen LogP contribution is 2.32. The van der Waals surface area contributed by atoms with E-state index in [0.717, 1.165) is 5.56 Å². The van der Waals surface area contributed by atoms with Gasteiger partial charge in [-0.3, -0.25) is 4.79 Å². The Morgan fingerprint density at radius 3 is 2.55 bits per heavy atom. The molecule has 1 aromatic carbocycles. The van der Waals surface area contributed by atoms with Crippen LogP contribution in [-0.2, 0) is 14.3 Å². The van der Waals surface area contributed by atoms with Crippen molar-refractivity contribution in [2.45, 2.75) is 20.8 Å². The first-order valence-corrected chi connectivity index (χ1v) is 9.04. The van der Waals surface area contributed by atoms with E-state index in [0.29, 0.717) is 22.9 Å². The molecule has 1 aromatic heterocycles. The number of aromatic nitrogens is 1. The number of aryl methyl sites for hydroxylation is 2. The lowest BCUT2D eigenvalue weighted by molar-refractivity contribution is -0.136. The topological polar surface area (TPSA) is 104 Å². The molecule has 0 unspecified atom stereocenters. The highest BCUT2D eigenvalue weighted by molar-refractivity contribution is 6.09. The van der Waals surface area contributed by atoms with E-state index in [1.807, 2.05) is 0 Å². The van der Waals surface area contributed by atoms with E-state index in [9.17, 15) is 14.4 Å². The molecule has 1 aliphatic heterocycles. The lowest BCUT2D eigenvalue weighted by Crippen LogP contribution is -2.17. The minimum atomic E-state index is -0.682. The highest BCUT2D eigenvalue weighted by atomic mass is 16.7. The van der Waals surface area contributed by atoms with E-state index in [1.165, 1.54) is 6.08 Å². The van der Waals surface area contributed by atoms with E-state index in [-0.39, 0.29) is 24.5 Å². The molecule has 8 nitrogen and oxygen atoms in total. The summed E-state index contributed by atoms with van der Waals surface area (Å²) in [7, 11) is 0.